The Morgan fingerprint density at radius 2 is 2.22 bits per heavy atom. The molecule has 1 atom stereocenters. The molecule has 0 saturated carbocycles. The van der Waals surface area contributed by atoms with Crippen molar-refractivity contribution in [3.8, 4) is 0 Å². The van der Waals surface area contributed by atoms with Crippen molar-refractivity contribution in [3.05, 3.63) is 39.9 Å². The fraction of sp³-hybridized carbons (Fsp3) is 0.357. The van der Waals surface area contributed by atoms with Crippen molar-refractivity contribution in [1.82, 2.24) is 4.98 Å². The molecule has 0 saturated heterocycles. The van der Waals surface area contributed by atoms with Crippen LogP contribution in [0.4, 0.5) is 10.8 Å². The molecule has 0 amide bonds. The highest BCUT2D eigenvalue weighted by molar-refractivity contribution is 7.15. The van der Waals surface area contributed by atoms with Gasteiger partial charge in [-0.3, -0.25) is 0 Å². The number of aryl methyl sites for hydroxylation is 3. The minimum absolute atomic E-state index is 0.380. The minimum atomic E-state index is 0.380. The molecule has 1 aromatic heterocycles. The zero-order chi connectivity index (χ0) is 12.7. The van der Waals surface area contributed by atoms with Crippen LogP contribution in [0.3, 0.4) is 0 Å². The molecule has 3 N–H and O–H groups in total. The molecule has 0 aliphatic heterocycles. The van der Waals surface area contributed by atoms with Gasteiger partial charge in [0.15, 0.2) is 5.13 Å². The Hall–Kier alpha value is -1.55. The number of thiazole rings is 1. The van der Waals surface area contributed by atoms with E-state index in [0.29, 0.717) is 6.04 Å². The predicted octanol–water partition coefficient (Wildman–Crippen LogP) is 3.44. The Bertz CT molecular complexity index is 569. The van der Waals surface area contributed by atoms with E-state index in [1.807, 2.05) is 6.07 Å². The Morgan fingerprint density at radius 3 is 2.94 bits per heavy atom. The van der Waals surface area contributed by atoms with Crippen molar-refractivity contribution in [1.29, 1.82) is 0 Å². The molecule has 18 heavy (non-hydrogen) atoms. The van der Waals surface area contributed by atoms with Crippen molar-refractivity contribution < 1.29 is 0 Å². The lowest BCUT2D eigenvalue weighted by atomic mass is 10.1. The van der Waals surface area contributed by atoms with Crippen molar-refractivity contribution in [2.75, 3.05) is 11.1 Å². The third-order valence-electron chi connectivity index (χ3n) is 3.57. The molecule has 1 heterocycles. The second kappa shape index (κ2) is 4.28. The van der Waals surface area contributed by atoms with E-state index in [1.54, 1.807) is 11.3 Å². The van der Waals surface area contributed by atoms with Gasteiger partial charge in [-0.25, -0.2) is 4.98 Å². The van der Waals surface area contributed by atoms with Crippen LogP contribution in [0.15, 0.2) is 18.2 Å². The first-order valence-electron chi connectivity index (χ1n) is 6.22. The summed E-state index contributed by atoms with van der Waals surface area (Å²) >= 11 is 1.73. The van der Waals surface area contributed by atoms with Gasteiger partial charge >= 0.3 is 0 Å². The summed E-state index contributed by atoms with van der Waals surface area (Å²) in [6.45, 7) is 4.17. The predicted molar refractivity (Wildman–Crippen MR) is 77.1 cm³/mol. The van der Waals surface area contributed by atoms with E-state index in [2.05, 4.69) is 36.3 Å². The second-order valence-corrected chi connectivity index (χ2v) is 6.06. The minimum Gasteiger partial charge on any atom is -0.399 e. The van der Waals surface area contributed by atoms with Gasteiger partial charge in [0.25, 0.3) is 0 Å². The summed E-state index contributed by atoms with van der Waals surface area (Å²) in [4.78, 5) is 5.83. The summed E-state index contributed by atoms with van der Waals surface area (Å²) in [7, 11) is 0. The van der Waals surface area contributed by atoms with Crippen molar-refractivity contribution in [3.63, 3.8) is 0 Å². The van der Waals surface area contributed by atoms with Gasteiger partial charge in [0.1, 0.15) is 0 Å². The number of nitrogens with one attached hydrogen (secondary N) is 1. The first kappa shape index (κ1) is 11.5. The maximum absolute atomic E-state index is 5.82. The molecule has 1 unspecified atom stereocenters. The first-order valence-corrected chi connectivity index (χ1v) is 7.04. The number of fused-ring (bicyclic) bond motifs is 1. The van der Waals surface area contributed by atoms with Crippen LogP contribution in [-0.2, 0) is 6.42 Å². The van der Waals surface area contributed by atoms with Gasteiger partial charge in [-0.1, -0.05) is 6.07 Å². The van der Waals surface area contributed by atoms with Gasteiger partial charge in [0.05, 0.1) is 11.7 Å². The molecular weight excluding hydrogens is 242 g/mol. The van der Waals surface area contributed by atoms with Gasteiger partial charge in [0.2, 0.25) is 0 Å². The van der Waals surface area contributed by atoms with Crippen molar-refractivity contribution in [2.24, 2.45) is 0 Å². The van der Waals surface area contributed by atoms with Crippen molar-refractivity contribution >= 4 is 22.2 Å². The molecule has 1 aliphatic rings. The van der Waals surface area contributed by atoms with Crippen LogP contribution in [0.5, 0.6) is 0 Å². The Morgan fingerprint density at radius 1 is 1.39 bits per heavy atom. The van der Waals surface area contributed by atoms with Crippen LogP contribution >= 0.6 is 11.3 Å². The number of nitrogens with two attached hydrogens (primary N) is 1. The quantitative estimate of drug-likeness (QED) is 0.812. The number of rotatable bonds is 2. The number of aromatic nitrogens is 1. The van der Waals surface area contributed by atoms with E-state index in [0.717, 1.165) is 29.4 Å². The topological polar surface area (TPSA) is 50.9 Å². The summed E-state index contributed by atoms with van der Waals surface area (Å²) in [5.41, 5.74) is 10.5. The number of anilines is 2. The lowest BCUT2D eigenvalue weighted by Crippen LogP contribution is -2.06. The second-order valence-electron chi connectivity index (χ2n) is 4.85. The standard InChI is InChI=1S/C14H17N3S/c1-8-9(2)18-14(16-8)17-13-6-3-10-7-11(15)4-5-12(10)13/h4-5,7,13H,3,6,15H2,1-2H3,(H,16,17). The zero-order valence-electron chi connectivity index (χ0n) is 10.7. The molecule has 4 heteroatoms. The molecule has 0 bridgehead atoms. The summed E-state index contributed by atoms with van der Waals surface area (Å²) in [6.07, 6.45) is 2.22. The summed E-state index contributed by atoms with van der Waals surface area (Å²) in [6, 6.07) is 6.60. The fourth-order valence-corrected chi connectivity index (χ4v) is 3.34. The number of benzene rings is 1. The van der Waals surface area contributed by atoms with Crippen LogP contribution in [0.25, 0.3) is 0 Å². The van der Waals surface area contributed by atoms with Crippen LogP contribution in [-0.4, -0.2) is 4.98 Å². The molecule has 0 spiro atoms. The molecule has 0 fully saturated rings. The molecule has 1 aromatic carbocycles. The molecular formula is C14H17N3S. The maximum atomic E-state index is 5.82. The van der Waals surface area contributed by atoms with E-state index in [4.69, 9.17) is 5.73 Å². The Balaban J connectivity index is 1.84. The molecule has 3 nitrogen and oxygen atoms in total. The largest absolute Gasteiger partial charge is 0.399 e. The summed E-state index contributed by atoms with van der Waals surface area (Å²) in [5.74, 6) is 0. The highest BCUT2D eigenvalue weighted by Crippen LogP contribution is 2.36. The molecule has 3 rings (SSSR count). The van der Waals surface area contributed by atoms with Gasteiger partial charge in [-0.05, 0) is 49.9 Å². The summed E-state index contributed by atoms with van der Waals surface area (Å²) < 4.78 is 0. The van der Waals surface area contributed by atoms with Crippen LogP contribution in [0.2, 0.25) is 0 Å². The van der Waals surface area contributed by atoms with E-state index in [9.17, 15) is 0 Å². The highest BCUT2D eigenvalue weighted by Gasteiger charge is 2.23. The van der Waals surface area contributed by atoms with E-state index >= 15 is 0 Å². The van der Waals surface area contributed by atoms with E-state index in [-0.39, 0.29) is 0 Å². The summed E-state index contributed by atoms with van der Waals surface area (Å²) in [5, 5.41) is 4.57. The van der Waals surface area contributed by atoms with Crippen molar-refractivity contribution in [2.45, 2.75) is 32.7 Å². The third-order valence-corrected chi connectivity index (χ3v) is 4.58. The number of hydrogen-bond acceptors (Lipinski definition) is 4. The Labute approximate surface area is 111 Å². The van der Waals surface area contributed by atoms with Crippen LogP contribution < -0.4 is 11.1 Å². The highest BCUT2D eigenvalue weighted by atomic mass is 32.1. The first-order chi connectivity index (χ1) is 8.63. The zero-order valence-corrected chi connectivity index (χ0v) is 11.5. The van der Waals surface area contributed by atoms with E-state index < -0.39 is 0 Å². The van der Waals surface area contributed by atoms with Gasteiger partial charge in [0, 0.05) is 10.6 Å². The molecule has 2 aromatic rings. The third kappa shape index (κ3) is 1.97. The lowest BCUT2D eigenvalue weighted by molar-refractivity contribution is 0.760. The monoisotopic (exact) mass is 259 g/mol. The normalized spacial score (nSPS) is 17.8. The smallest absolute Gasteiger partial charge is 0.183 e. The average molecular weight is 259 g/mol. The van der Waals surface area contributed by atoms with Crippen LogP contribution in [0, 0.1) is 13.8 Å². The number of nitrogens with zero attached hydrogens (tertiary/aromatic N) is 1. The van der Waals surface area contributed by atoms with Gasteiger partial charge in [-0.2, -0.15) is 0 Å². The average Bonchev–Trinajstić information content (AvgIpc) is 2.84. The van der Waals surface area contributed by atoms with Gasteiger partial charge < -0.3 is 11.1 Å². The van der Waals surface area contributed by atoms with Gasteiger partial charge in [-0.15, -0.1) is 11.3 Å². The number of nitrogen functional groups attached to an aromatic ring is 1. The molecule has 1 aliphatic carbocycles. The molecule has 94 valence electrons. The maximum Gasteiger partial charge on any atom is 0.183 e. The molecule has 0 radical (unpaired) electrons. The number of hydrogen-bond donors (Lipinski definition) is 2. The lowest BCUT2D eigenvalue weighted by Gasteiger charge is -2.13. The Kier molecular flexibility index (Phi) is 2.74. The SMILES string of the molecule is Cc1nc(NC2CCc3cc(N)ccc32)sc1C. The fourth-order valence-electron chi connectivity index (χ4n) is 2.47. The van der Waals surface area contributed by atoms with Crippen LogP contribution in [0.1, 0.15) is 34.2 Å². The van der Waals surface area contributed by atoms with E-state index in [1.165, 1.54) is 16.0 Å².